The Labute approximate surface area is 136 Å². The van der Waals surface area contributed by atoms with Gasteiger partial charge in [0.2, 0.25) is 5.91 Å². The number of nitrogens with one attached hydrogen (secondary N) is 2. The quantitative estimate of drug-likeness (QED) is 0.900. The molecule has 0 atom stereocenters. The molecule has 1 aliphatic heterocycles. The van der Waals surface area contributed by atoms with Crippen molar-refractivity contribution in [2.45, 2.75) is 32.2 Å². The lowest BCUT2D eigenvalue weighted by molar-refractivity contribution is -0.127. The highest BCUT2D eigenvalue weighted by molar-refractivity contribution is 5.79. The molecule has 0 unspecified atom stereocenters. The minimum Gasteiger partial charge on any atom is -0.345 e. The van der Waals surface area contributed by atoms with E-state index < -0.39 is 5.54 Å². The van der Waals surface area contributed by atoms with Crippen LogP contribution in [0.15, 0.2) is 36.5 Å². The zero-order valence-electron chi connectivity index (χ0n) is 13.6. The van der Waals surface area contributed by atoms with Gasteiger partial charge in [0.25, 0.3) is 0 Å². The van der Waals surface area contributed by atoms with Gasteiger partial charge in [-0.15, -0.1) is 5.10 Å². The zero-order chi connectivity index (χ0) is 16.3. The first-order valence-electron chi connectivity index (χ1n) is 8.07. The van der Waals surface area contributed by atoms with Crippen molar-refractivity contribution in [3.05, 3.63) is 42.2 Å². The molecule has 0 aliphatic carbocycles. The Morgan fingerprint density at radius 2 is 1.96 bits per heavy atom. The van der Waals surface area contributed by atoms with Crippen molar-refractivity contribution in [1.82, 2.24) is 25.6 Å². The molecule has 1 amide bonds. The van der Waals surface area contributed by atoms with Crippen molar-refractivity contribution in [3.8, 4) is 5.69 Å². The maximum Gasteiger partial charge on any atom is 0.223 e. The lowest BCUT2D eigenvalue weighted by Crippen LogP contribution is -2.46. The summed E-state index contributed by atoms with van der Waals surface area (Å²) in [6.07, 6.45) is 3.65. The Morgan fingerprint density at radius 1 is 1.26 bits per heavy atom. The lowest BCUT2D eigenvalue weighted by Gasteiger charge is -2.28. The van der Waals surface area contributed by atoms with Gasteiger partial charge < -0.3 is 10.6 Å². The molecule has 0 radical (unpaired) electrons. The third-order valence-electron chi connectivity index (χ3n) is 4.30. The van der Waals surface area contributed by atoms with Gasteiger partial charge in [-0.2, -0.15) is 0 Å². The fourth-order valence-corrected chi connectivity index (χ4v) is 2.82. The van der Waals surface area contributed by atoms with E-state index in [1.807, 2.05) is 50.4 Å². The Bertz CT molecular complexity index is 659. The number of hydrogen-bond acceptors (Lipinski definition) is 4. The maximum atomic E-state index is 12.5. The molecule has 0 bridgehead atoms. The van der Waals surface area contributed by atoms with Crippen molar-refractivity contribution < 1.29 is 4.79 Å². The number of piperidine rings is 1. The molecule has 2 aromatic rings. The summed E-state index contributed by atoms with van der Waals surface area (Å²) in [6.45, 7) is 5.74. The van der Waals surface area contributed by atoms with Crippen LogP contribution >= 0.6 is 0 Å². The second kappa shape index (κ2) is 6.50. The van der Waals surface area contributed by atoms with Crippen LogP contribution < -0.4 is 10.6 Å². The van der Waals surface area contributed by atoms with E-state index in [4.69, 9.17) is 0 Å². The van der Waals surface area contributed by atoms with E-state index in [-0.39, 0.29) is 11.8 Å². The van der Waals surface area contributed by atoms with Gasteiger partial charge in [0.1, 0.15) is 5.69 Å². The number of carbonyl (C=O) groups is 1. The monoisotopic (exact) mass is 313 g/mol. The van der Waals surface area contributed by atoms with Gasteiger partial charge in [-0.3, -0.25) is 4.79 Å². The summed E-state index contributed by atoms with van der Waals surface area (Å²) in [6, 6.07) is 9.82. The summed E-state index contributed by atoms with van der Waals surface area (Å²) in [5.74, 6) is 0.186. The Morgan fingerprint density at radius 3 is 2.65 bits per heavy atom. The van der Waals surface area contributed by atoms with Gasteiger partial charge in [0.15, 0.2) is 0 Å². The molecule has 122 valence electrons. The van der Waals surface area contributed by atoms with E-state index >= 15 is 0 Å². The van der Waals surface area contributed by atoms with E-state index in [0.29, 0.717) is 0 Å². The van der Waals surface area contributed by atoms with Gasteiger partial charge in [0, 0.05) is 5.92 Å². The third kappa shape index (κ3) is 3.59. The zero-order valence-corrected chi connectivity index (χ0v) is 13.6. The van der Waals surface area contributed by atoms with Crippen LogP contribution in [0.2, 0.25) is 0 Å². The number of amides is 1. The minimum atomic E-state index is -0.547. The number of para-hydroxylation sites is 1. The summed E-state index contributed by atoms with van der Waals surface area (Å²) in [7, 11) is 0. The molecule has 1 fully saturated rings. The Kier molecular flexibility index (Phi) is 4.43. The SMILES string of the molecule is CC(C)(NC(=O)C1CCNCC1)c1cn(-c2ccccc2)nn1. The number of hydrogen-bond donors (Lipinski definition) is 2. The van der Waals surface area contributed by atoms with Crippen LogP contribution in [-0.2, 0) is 10.3 Å². The lowest BCUT2D eigenvalue weighted by atomic mass is 9.94. The highest BCUT2D eigenvalue weighted by atomic mass is 16.2. The number of benzene rings is 1. The van der Waals surface area contributed by atoms with E-state index in [2.05, 4.69) is 20.9 Å². The summed E-state index contributed by atoms with van der Waals surface area (Å²) >= 11 is 0. The maximum absolute atomic E-state index is 12.5. The smallest absolute Gasteiger partial charge is 0.223 e. The third-order valence-corrected chi connectivity index (χ3v) is 4.30. The Hall–Kier alpha value is -2.21. The predicted molar refractivity (Wildman–Crippen MR) is 88.1 cm³/mol. The molecule has 6 nitrogen and oxygen atoms in total. The van der Waals surface area contributed by atoms with Gasteiger partial charge in [-0.1, -0.05) is 23.4 Å². The molecule has 23 heavy (non-hydrogen) atoms. The molecule has 1 aromatic heterocycles. The van der Waals surface area contributed by atoms with Gasteiger partial charge >= 0.3 is 0 Å². The summed E-state index contributed by atoms with van der Waals surface area (Å²) in [4.78, 5) is 12.5. The van der Waals surface area contributed by atoms with Crippen LogP contribution in [0.3, 0.4) is 0 Å². The molecule has 1 saturated heterocycles. The van der Waals surface area contributed by atoms with Crippen LogP contribution in [0.25, 0.3) is 5.69 Å². The van der Waals surface area contributed by atoms with Crippen LogP contribution in [0.5, 0.6) is 0 Å². The van der Waals surface area contributed by atoms with Crippen molar-refractivity contribution in [3.63, 3.8) is 0 Å². The highest BCUT2D eigenvalue weighted by Crippen LogP contribution is 2.21. The number of carbonyl (C=O) groups excluding carboxylic acids is 1. The van der Waals surface area contributed by atoms with Crippen LogP contribution in [0, 0.1) is 5.92 Å². The van der Waals surface area contributed by atoms with Crippen molar-refractivity contribution in [2.75, 3.05) is 13.1 Å². The average Bonchev–Trinajstić information content (AvgIpc) is 3.07. The average molecular weight is 313 g/mol. The molecule has 2 N–H and O–H groups in total. The van der Waals surface area contributed by atoms with Crippen molar-refractivity contribution >= 4 is 5.91 Å². The molecule has 0 spiro atoms. The number of aromatic nitrogens is 3. The second-order valence-electron chi connectivity index (χ2n) is 6.52. The molecule has 2 heterocycles. The van der Waals surface area contributed by atoms with E-state index in [9.17, 15) is 4.79 Å². The topological polar surface area (TPSA) is 71.8 Å². The van der Waals surface area contributed by atoms with Crippen molar-refractivity contribution in [2.24, 2.45) is 5.92 Å². The molecule has 1 aromatic carbocycles. The molecule has 6 heteroatoms. The first-order chi connectivity index (χ1) is 11.1. The standard InChI is InChI=1S/C17H23N5O/c1-17(2,19-16(23)13-8-10-18-11-9-13)15-12-22(21-20-15)14-6-4-3-5-7-14/h3-7,12-13,18H,8-11H2,1-2H3,(H,19,23). The van der Waals surface area contributed by atoms with Gasteiger partial charge in [-0.25, -0.2) is 4.68 Å². The first-order valence-corrected chi connectivity index (χ1v) is 8.07. The predicted octanol–water partition coefficient (Wildman–Crippen LogP) is 1.62. The summed E-state index contributed by atoms with van der Waals surface area (Å²) in [5, 5.41) is 14.8. The van der Waals surface area contributed by atoms with Crippen LogP contribution in [-0.4, -0.2) is 34.0 Å². The number of nitrogens with zero attached hydrogens (tertiary/aromatic N) is 3. The summed E-state index contributed by atoms with van der Waals surface area (Å²) < 4.78 is 1.73. The minimum absolute atomic E-state index is 0.0830. The van der Waals surface area contributed by atoms with E-state index in [1.54, 1.807) is 4.68 Å². The first kappa shape index (κ1) is 15.7. The molecular formula is C17H23N5O. The van der Waals surface area contributed by atoms with Crippen LogP contribution in [0.4, 0.5) is 0 Å². The van der Waals surface area contributed by atoms with E-state index in [1.165, 1.54) is 0 Å². The molecule has 3 rings (SSSR count). The second-order valence-corrected chi connectivity index (χ2v) is 6.52. The highest BCUT2D eigenvalue weighted by Gasteiger charge is 2.30. The Balaban J connectivity index is 1.72. The fraction of sp³-hybridized carbons (Fsp3) is 0.471. The molecule has 1 aliphatic rings. The van der Waals surface area contributed by atoms with Crippen LogP contribution in [0.1, 0.15) is 32.4 Å². The number of rotatable bonds is 4. The normalized spacial score (nSPS) is 16.3. The fourth-order valence-electron chi connectivity index (χ4n) is 2.82. The molecular weight excluding hydrogens is 290 g/mol. The molecule has 0 saturated carbocycles. The van der Waals surface area contributed by atoms with Gasteiger partial charge in [0.05, 0.1) is 17.4 Å². The largest absolute Gasteiger partial charge is 0.345 e. The summed E-state index contributed by atoms with van der Waals surface area (Å²) in [5.41, 5.74) is 1.16. The van der Waals surface area contributed by atoms with Gasteiger partial charge in [-0.05, 0) is 51.9 Å². The van der Waals surface area contributed by atoms with E-state index in [0.717, 1.165) is 37.3 Å². The van der Waals surface area contributed by atoms with Crippen molar-refractivity contribution in [1.29, 1.82) is 0 Å².